The number of thiazole rings is 1. The van der Waals surface area contributed by atoms with Crippen molar-refractivity contribution in [1.82, 2.24) is 4.57 Å². The third-order valence-electron chi connectivity index (χ3n) is 4.61. The first-order valence-electron chi connectivity index (χ1n) is 9.54. The molecular formula is C23H18N4O2S2. The fraction of sp³-hybridized carbons (Fsp3) is 0.130. The summed E-state index contributed by atoms with van der Waals surface area (Å²) >= 11 is 6.68. The van der Waals surface area contributed by atoms with Crippen LogP contribution in [-0.2, 0) is 17.7 Å². The Hall–Kier alpha value is -3.54. The molecule has 1 N–H and O–H groups in total. The van der Waals surface area contributed by atoms with Crippen LogP contribution in [0.4, 0.5) is 5.69 Å². The summed E-state index contributed by atoms with van der Waals surface area (Å²) in [5.74, 6) is 0.369. The van der Waals surface area contributed by atoms with Gasteiger partial charge in [-0.15, -0.1) is 11.3 Å². The van der Waals surface area contributed by atoms with Gasteiger partial charge in [-0.2, -0.15) is 10.3 Å². The molecule has 0 aliphatic carbocycles. The second kappa shape index (κ2) is 9.08. The van der Waals surface area contributed by atoms with E-state index in [1.165, 1.54) is 11.3 Å². The molecule has 0 fully saturated rings. The molecule has 0 spiro atoms. The summed E-state index contributed by atoms with van der Waals surface area (Å²) in [5, 5.41) is 20.0. The van der Waals surface area contributed by atoms with Gasteiger partial charge in [-0.3, -0.25) is 4.57 Å². The quantitative estimate of drug-likeness (QED) is 0.520. The molecule has 8 heteroatoms. The van der Waals surface area contributed by atoms with Gasteiger partial charge in [0.25, 0.3) is 5.90 Å². The number of aliphatic imine (C=N–C) groups is 2. The van der Waals surface area contributed by atoms with E-state index in [2.05, 4.69) is 9.98 Å². The van der Waals surface area contributed by atoms with Crippen LogP contribution in [0, 0.1) is 22.2 Å². The van der Waals surface area contributed by atoms with Crippen molar-refractivity contribution >= 4 is 46.9 Å². The van der Waals surface area contributed by atoms with Crippen molar-refractivity contribution in [1.29, 1.82) is 5.26 Å². The zero-order valence-electron chi connectivity index (χ0n) is 16.6. The van der Waals surface area contributed by atoms with E-state index >= 15 is 0 Å². The van der Waals surface area contributed by atoms with Gasteiger partial charge in [0.15, 0.2) is 3.95 Å². The Morgan fingerprint density at radius 3 is 2.68 bits per heavy atom. The van der Waals surface area contributed by atoms with E-state index in [4.69, 9.17) is 17.0 Å². The van der Waals surface area contributed by atoms with Crippen LogP contribution in [0.2, 0.25) is 0 Å². The minimum atomic E-state index is 0.0552. The van der Waals surface area contributed by atoms with Crippen molar-refractivity contribution in [2.24, 2.45) is 9.98 Å². The number of hydrogen-bond donors (Lipinski definition) is 1. The fourth-order valence-corrected chi connectivity index (χ4v) is 4.26. The number of nitriles is 1. The molecule has 1 aliphatic heterocycles. The minimum absolute atomic E-state index is 0.0552. The molecule has 3 aromatic rings. The normalized spacial score (nSPS) is 15.7. The highest BCUT2D eigenvalue weighted by Gasteiger charge is 2.23. The van der Waals surface area contributed by atoms with Crippen molar-refractivity contribution < 1.29 is 9.84 Å². The summed E-state index contributed by atoms with van der Waals surface area (Å²) in [5.41, 5.74) is 3.02. The lowest BCUT2D eigenvalue weighted by Crippen LogP contribution is -2.07. The maximum absolute atomic E-state index is 10.7. The van der Waals surface area contributed by atoms with E-state index in [9.17, 15) is 10.4 Å². The van der Waals surface area contributed by atoms with E-state index in [0.29, 0.717) is 21.1 Å². The van der Waals surface area contributed by atoms with Crippen LogP contribution >= 0.6 is 23.6 Å². The average molecular weight is 447 g/mol. The second-order valence-electron chi connectivity index (χ2n) is 6.85. The lowest BCUT2D eigenvalue weighted by molar-refractivity contribution is 0.413. The summed E-state index contributed by atoms with van der Waals surface area (Å²) in [6, 6.07) is 19.5. The van der Waals surface area contributed by atoms with Gasteiger partial charge in [0.1, 0.15) is 6.07 Å². The first-order chi connectivity index (χ1) is 15.0. The lowest BCUT2D eigenvalue weighted by atomic mass is 10.1. The molecule has 0 saturated carbocycles. The maximum atomic E-state index is 10.7. The third kappa shape index (κ3) is 4.79. The molecule has 6 nitrogen and oxygen atoms in total. The van der Waals surface area contributed by atoms with E-state index in [-0.39, 0.29) is 23.4 Å². The first-order valence-corrected chi connectivity index (χ1v) is 10.8. The average Bonchev–Trinajstić information content (AvgIpc) is 3.28. The van der Waals surface area contributed by atoms with Gasteiger partial charge in [-0.1, -0.05) is 48.0 Å². The van der Waals surface area contributed by atoms with Crippen LogP contribution in [0.3, 0.4) is 0 Å². The fourth-order valence-electron chi connectivity index (χ4n) is 2.98. The van der Waals surface area contributed by atoms with Crippen LogP contribution in [-0.4, -0.2) is 21.3 Å². The molecule has 1 aliphatic rings. The molecular weight excluding hydrogens is 428 g/mol. The Morgan fingerprint density at radius 2 is 1.97 bits per heavy atom. The Morgan fingerprint density at radius 1 is 1.23 bits per heavy atom. The van der Waals surface area contributed by atoms with E-state index in [0.717, 1.165) is 17.5 Å². The van der Waals surface area contributed by atoms with Crippen molar-refractivity contribution in [3.8, 4) is 11.9 Å². The van der Waals surface area contributed by atoms with Gasteiger partial charge in [0.05, 0.1) is 10.6 Å². The molecule has 4 rings (SSSR count). The molecule has 154 valence electrons. The highest BCUT2D eigenvalue weighted by atomic mass is 32.1. The Kier molecular flexibility index (Phi) is 6.07. The van der Waals surface area contributed by atoms with Gasteiger partial charge in [0.2, 0.25) is 17.5 Å². The van der Waals surface area contributed by atoms with Crippen LogP contribution in [0.5, 0.6) is 5.88 Å². The van der Waals surface area contributed by atoms with Gasteiger partial charge in [-0.25, -0.2) is 4.99 Å². The van der Waals surface area contributed by atoms with Crippen molar-refractivity contribution in [2.45, 2.75) is 19.9 Å². The summed E-state index contributed by atoms with van der Waals surface area (Å²) in [4.78, 5) is 9.07. The molecule has 0 radical (unpaired) electrons. The summed E-state index contributed by atoms with van der Waals surface area (Å²) in [6.45, 7) is 2.54. The number of aromatic hydroxyl groups is 1. The number of aryl methyl sites for hydroxylation is 2. The minimum Gasteiger partial charge on any atom is -0.493 e. The van der Waals surface area contributed by atoms with Crippen LogP contribution in [0.15, 0.2) is 70.5 Å². The van der Waals surface area contributed by atoms with Crippen molar-refractivity contribution in [3.05, 3.63) is 80.4 Å². The molecule has 0 saturated heterocycles. The highest BCUT2D eigenvalue weighted by Crippen LogP contribution is 2.30. The molecule has 31 heavy (non-hydrogen) atoms. The standard InChI is InChI=1S/C23H18N4O2S2/c1-15-7-9-17(10-8-15)25-21-18(14-24)26-20(29-21)13-19-22(28)27(23(30)31-19)12-11-16-5-3-2-4-6-16/h2-10,13,28H,11-12H2,1H3. The number of benzene rings is 2. The predicted octanol–water partition coefficient (Wildman–Crippen LogP) is 5.56. The number of aromatic nitrogens is 1. The van der Waals surface area contributed by atoms with Crippen LogP contribution in [0.25, 0.3) is 6.08 Å². The molecule has 2 heterocycles. The topological polar surface area (TPSA) is 82.9 Å². The smallest absolute Gasteiger partial charge is 0.258 e. The monoisotopic (exact) mass is 446 g/mol. The lowest BCUT2D eigenvalue weighted by Gasteiger charge is -2.05. The van der Waals surface area contributed by atoms with Gasteiger partial charge in [0, 0.05) is 12.6 Å². The van der Waals surface area contributed by atoms with Crippen LogP contribution in [0.1, 0.15) is 16.0 Å². The number of ether oxygens (including phenoxy) is 1. The molecule has 0 unspecified atom stereocenters. The van der Waals surface area contributed by atoms with Crippen molar-refractivity contribution in [2.75, 3.05) is 0 Å². The van der Waals surface area contributed by atoms with Crippen LogP contribution < -0.4 is 0 Å². The number of hydrogen-bond acceptors (Lipinski definition) is 7. The zero-order chi connectivity index (χ0) is 21.8. The Bertz CT molecular complexity index is 1290. The Balaban J connectivity index is 1.56. The number of rotatable bonds is 5. The third-order valence-corrected chi connectivity index (χ3v) is 6.00. The summed E-state index contributed by atoms with van der Waals surface area (Å²) < 4.78 is 7.91. The highest BCUT2D eigenvalue weighted by molar-refractivity contribution is 7.73. The van der Waals surface area contributed by atoms with Gasteiger partial charge >= 0.3 is 0 Å². The first kappa shape index (κ1) is 20.7. The number of nitrogens with zero attached hydrogens (tertiary/aromatic N) is 4. The molecule has 2 aromatic carbocycles. The van der Waals surface area contributed by atoms with E-state index in [1.54, 1.807) is 10.6 Å². The summed E-state index contributed by atoms with van der Waals surface area (Å²) in [7, 11) is 0. The predicted molar refractivity (Wildman–Crippen MR) is 125 cm³/mol. The maximum Gasteiger partial charge on any atom is 0.258 e. The molecule has 0 amide bonds. The molecule has 0 bridgehead atoms. The molecule has 1 aromatic heterocycles. The Labute approximate surface area is 188 Å². The largest absolute Gasteiger partial charge is 0.493 e. The van der Waals surface area contributed by atoms with E-state index in [1.807, 2.05) is 67.6 Å². The zero-order valence-corrected chi connectivity index (χ0v) is 18.3. The summed E-state index contributed by atoms with van der Waals surface area (Å²) in [6.07, 6.45) is 2.32. The van der Waals surface area contributed by atoms with E-state index < -0.39 is 0 Å². The van der Waals surface area contributed by atoms with Crippen molar-refractivity contribution in [3.63, 3.8) is 0 Å². The van der Waals surface area contributed by atoms with Gasteiger partial charge < -0.3 is 9.84 Å². The second-order valence-corrected chi connectivity index (χ2v) is 8.53. The molecule has 0 atom stereocenters. The SMILES string of the molecule is Cc1ccc(N=C2OC(=Cc3sc(=S)n(CCc4ccccc4)c3O)N=C2C#N)cc1. The van der Waals surface area contributed by atoms with Gasteiger partial charge in [-0.05, 0) is 43.3 Å².